The van der Waals surface area contributed by atoms with Gasteiger partial charge in [-0.15, -0.1) is 22.7 Å². The lowest BCUT2D eigenvalue weighted by atomic mass is 9.89. The predicted octanol–water partition coefficient (Wildman–Crippen LogP) is 3.56. The van der Waals surface area contributed by atoms with Gasteiger partial charge in [0.2, 0.25) is 0 Å². The maximum Gasteiger partial charge on any atom is 0.260 e. The first-order chi connectivity index (χ1) is 12.0. The fourth-order valence-corrected chi connectivity index (χ4v) is 5.91. The fourth-order valence-electron chi connectivity index (χ4n) is 3.75. The number of fused-ring (bicyclic) bond motifs is 3. The minimum absolute atomic E-state index is 0.0380. The molecule has 4 rings (SSSR count). The van der Waals surface area contributed by atoms with E-state index in [2.05, 4.69) is 48.6 Å². The van der Waals surface area contributed by atoms with Gasteiger partial charge in [-0.3, -0.25) is 4.79 Å². The van der Waals surface area contributed by atoms with Gasteiger partial charge >= 0.3 is 0 Å². The van der Waals surface area contributed by atoms with Gasteiger partial charge in [-0.2, -0.15) is 0 Å². The molecule has 0 unspecified atom stereocenters. The molecule has 0 spiro atoms. The van der Waals surface area contributed by atoms with E-state index < -0.39 is 0 Å². The molecule has 0 amide bonds. The fraction of sp³-hybridized carbons (Fsp3) is 0.474. The Balaban J connectivity index is 1.65. The number of H-pyrrole nitrogens is 1. The van der Waals surface area contributed by atoms with Crippen molar-refractivity contribution in [2.24, 2.45) is 5.92 Å². The number of nitrogens with one attached hydrogen (secondary N) is 1. The van der Waals surface area contributed by atoms with E-state index in [9.17, 15) is 4.79 Å². The van der Waals surface area contributed by atoms with Crippen molar-refractivity contribution in [1.29, 1.82) is 0 Å². The van der Waals surface area contributed by atoms with Gasteiger partial charge in [0, 0.05) is 4.88 Å². The summed E-state index contributed by atoms with van der Waals surface area (Å²) in [6.07, 6.45) is 3.27. The number of aromatic nitrogens is 2. The van der Waals surface area contributed by atoms with Crippen molar-refractivity contribution in [1.82, 2.24) is 9.97 Å². The molecule has 132 valence electrons. The zero-order valence-corrected chi connectivity index (χ0v) is 16.5. The SMILES string of the molecule is C[C@H]1CCc2c(sc3nc([C@@H](C)[NH2+][C@@H](C)c4cccs4)[nH]c(=O)c23)C1. The zero-order valence-electron chi connectivity index (χ0n) is 14.8. The minimum Gasteiger partial charge on any atom is -0.331 e. The highest BCUT2D eigenvalue weighted by Crippen LogP contribution is 2.35. The second-order valence-electron chi connectivity index (χ2n) is 7.27. The third-order valence-electron chi connectivity index (χ3n) is 5.18. The number of nitrogens with zero attached hydrogens (tertiary/aromatic N) is 1. The van der Waals surface area contributed by atoms with Gasteiger partial charge in [-0.25, -0.2) is 4.98 Å². The number of hydrogen-bond acceptors (Lipinski definition) is 4. The number of aryl methyl sites for hydroxylation is 1. The van der Waals surface area contributed by atoms with Crippen LogP contribution in [0.15, 0.2) is 22.3 Å². The maximum absolute atomic E-state index is 12.7. The van der Waals surface area contributed by atoms with E-state index >= 15 is 0 Å². The minimum atomic E-state index is 0.0380. The molecule has 3 aromatic rings. The van der Waals surface area contributed by atoms with Gasteiger partial charge in [0.1, 0.15) is 16.9 Å². The Kier molecular flexibility index (Phi) is 4.52. The highest BCUT2D eigenvalue weighted by Gasteiger charge is 2.25. The van der Waals surface area contributed by atoms with Crippen LogP contribution >= 0.6 is 22.7 Å². The summed E-state index contributed by atoms with van der Waals surface area (Å²) in [5.74, 6) is 1.49. The lowest BCUT2D eigenvalue weighted by Gasteiger charge is -2.17. The Bertz CT molecular complexity index is 942. The van der Waals surface area contributed by atoms with Crippen LogP contribution < -0.4 is 10.9 Å². The van der Waals surface area contributed by atoms with Crippen LogP contribution in [0.5, 0.6) is 0 Å². The van der Waals surface area contributed by atoms with E-state index in [1.54, 1.807) is 22.7 Å². The van der Waals surface area contributed by atoms with Crippen molar-refractivity contribution in [3.05, 3.63) is 49.0 Å². The van der Waals surface area contributed by atoms with E-state index in [0.29, 0.717) is 12.0 Å². The molecule has 0 fully saturated rings. The van der Waals surface area contributed by atoms with Crippen LogP contribution in [-0.2, 0) is 12.8 Å². The topological polar surface area (TPSA) is 62.4 Å². The highest BCUT2D eigenvalue weighted by molar-refractivity contribution is 7.18. The Morgan fingerprint density at radius 1 is 1.36 bits per heavy atom. The summed E-state index contributed by atoms with van der Waals surface area (Å²) < 4.78 is 0. The first kappa shape index (κ1) is 16.9. The van der Waals surface area contributed by atoms with Gasteiger partial charge in [-0.05, 0) is 56.0 Å². The summed E-state index contributed by atoms with van der Waals surface area (Å²) in [5.41, 5.74) is 1.29. The van der Waals surface area contributed by atoms with Crippen molar-refractivity contribution in [2.45, 2.75) is 52.1 Å². The van der Waals surface area contributed by atoms with E-state index in [1.807, 2.05) is 0 Å². The van der Waals surface area contributed by atoms with Crippen LogP contribution in [0.25, 0.3) is 10.2 Å². The van der Waals surface area contributed by atoms with Gasteiger partial charge in [0.15, 0.2) is 5.82 Å². The molecule has 0 radical (unpaired) electrons. The molecule has 0 bridgehead atoms. The summed E-state index contributed by atoms with van der Waals surface area (Å²) in [7, 11) is 0. The lowest BCUT2D eigenvalue weighted by molar-refractivity contribution is -0.729. The Morgan fingerprint density at radius 2 is 2.20 bits per heavy atom. The first-order valence-electron chi connectivity index (χ1n) is 8.95. The largest absolute Gasteiger partial charge is 0.331 e. The molecule has 25 heavy (non-hydrogen) atoms. The smallest absolute Gasteiger partial charge is 0.260 e. The quantitative estimate of drug-likeness (QED) is 0.733. The van der Waals surface area contributed by atoms with E-state index in [1.165, 1.54) is 21.7 Å². The van der Waals surface area contributed by atoms with Gasteiger partial charge in [0.05, 0.1) is 10.3 Å². The molecule has 3 heterocycles. The molecule has 3 N–H and O–H groups in total. The highest BCUT2D eigenvalue weighted by atomic mass is 32.1. The number of quaternary nitrogens is 1. The van der Waals surface area contributed by atoms with Gasteiger partial charge in [-0.1, -0.05) is 13.0 Å². The van der Waals surface area contributed by atoms with Crippen molar-refractivity contribution in [3.8, 4) is 0 Å². The summed E-state index contributed by atoms with van der Waals surface area (Å²) in [5, 5.41) is 5.22. The van der Waals surface area contributed by atoms with Crippen molar-refractivity contribution in [2.75, 3.05) is 0 Å². The molecule has 0 aromatic carbocycles. The normalized spacial score (nSPS) is 19.7. The number of hydrogen-bond donors (Lipinski definition) is 2. The van der Waals surface area contributed by atoms with Crippen LogP contribution in [0.3, 0.4) is 0 Å². The number of aromatic amines is 1. The van der Waals surface area contributed by atoms with E-state index in [4.69, 9.17) is 4.98 Å². The standard InChI is InChI=1S/C19H23N3OS2/c1-10-6-7-13-15(9-10)25-19-16(13)18(23)21-17(22-19)12(3)20-11(2)14-5-4-8-24-14/h4-5,8,10-12,20H,6-7,9H2,1-3H3,(H,21,22,23)/p+1/t10-,11-,12+/m0/s1. The molecule has 4 nitrogen and oxygen atoms in total. The molecular formula is C19H24N3OS2+. The van der Waals surface area contributed by atoms with E-state index in [0.717, 1.165) is 28.9 Å². The summed E-state index contributed by atoms with van der Waals surface area (Å²) >= 11 is 3.49. The molecular weight excluding hydrogens is 350 g/mol. The molecule has 0 aliphatic heterocycles. The monoisotopic (exact) mass is 374 g/mol. The molecule has 3 atom stereocenters. The predicted molar refractivity (Wildman–Crippen MR) is 105 cm³/mol. The van der Waals surface area contributed by atoms with Crippen LogP contribution in [-0.4, -0.2) is 9.97 Å². The molecule has 0 saturated heterocycles. The van der Waals surface area contributed by atoms with Gasteiger partial charge in [0.25, 0.3) is 5.56 Å². The van der Waals surface area contributed by atoms with Crippen molar-refractivity contribution in [3.63, 3.8) is 0 Å². The summed E-state index contributed by atoms with van der Waals surface area (Å²) in [4.78, 5) is 24.3. The molecule has 3 aromatic heterocycles. The molecule has 6 heteroatoms. The summed E-state index contributed by atoms with van der Waals surface area (Å²) in [6, 6.07) is 4.71. The molecule has 0 saturated carbocycles. The number of thiophene rings is 2. The van der Waals surface area contributed by atoms with Gasteiger partial charge < -0.3 is 10.3 Å². The molecule has 1 aliphatic carbocycles. The van der Waals surface area contributed by atoms with Crippen LogP contribution in [0.1, 0.15) is 60.4 Å². The maximum atomic E-state index is 12.7. The Labute approximate surface area is 155 Å². The van der Waals surface area contributed by atoms with Crippen LogP contribution in [0.2, 0.25) is 0 Å². The van der Waals surface area contributed by atoms with Crippen molar-refractivity contribution < 1.29 is 5.32 Å². The average Bonchev–Trinajstić information content (AvgIpc) is 3.21. The number of nitrogens with two attached hydrogens (primary N) is 1. The average molecular weight is 375 g/mol. The second kappa shape index (κ2) is 6.67. The number of rotatable bonds is 4. The lowest BCUT2D eigenvalue weighted by Crippen LogP contribution is -2.85. The third kappa shape index (κ3) is 3.18. The summed E-state index contributed by atoms with van der Waals surface area (Å²) in [6.45, 7) is 6.60. The van der Waals surface area contributed by atoms with E-state index in [-0.39, 0.29) is 11.6 Å². The first-order valence-corrected chi connectivity index (χ1v) is 10.7. The Hall–Kier alpha value is -1.50. The zero-order chi connectivity index (χ0) is 17.6. The van der Waals surface area contributed by atoms with Crippen LogP contribution in [0.4, 0.5) is 0 Å². The molecule has 1 aliphatic rings. The van der Waals surface area contributed by atoms with Crippen LogP contribution in [0, 0.1) is 5.92 Å². The second-order valence-corrected chi connectivity index (χ2v) is 9.33. The third-order valence-corrected chi connectivity index (χ3v) is 7.41. The Morgan fingerprint density at radius 3 is 2.96 bits per heavy atom. The van der Waals surface area contributed by atoms with Crippen molar-refractivity contribution >= 4 is 32.9 Å².